The van der Waals surface area contributed by atoms with Crippen LogP contribution in [0.3, 0.4) is 0 Å². The van der Waals surface area contributed by atoms with E-state index >= 15 is 0 Å². The summed E-state index contributed by atoms with van der Waals surface area (Å²) in [6, 6.07) is 0. The van der Waals surface area contributed by atoms with E-state index in [1.807, 2.05) is 0 Å². The van der Waals surface area contributed by atoms with Crippen LogP contribution >= 0.6 is 0 Å². The standard InChI is InChI=1S/C16H32/c1-6-9-11-16(8-3)13-15(5)12-14(4)10-7-2/h7,14-16H,2,6,8-13H2,1,3-5H3. The molecule has 0 bridgehead atoms. The lowest BCUT2D eigenvalue weighted by Gasteiger charge is -2.21. The lowest BCUT2D eigenvalue weighted by molar-refractivity contribution is 0.310. The summed E-state index contributed by atoms with van der Waals surface area (Å²) in [7, 11) is 0. The van der Waals surface area contributed by atoms with E-state index in [9.17, 15) is 0 Å². The highest BCUT2D eigenvalue weighted by atomic mass is 14.2. The quantitative estimate of drug-likeness (QED) is 0.409. The third-order valence-electron chi connectivity index (χ3n) is 3.65. The predicted molar refractivity (Wildman–Crippen MR) is 75.7 cm³/mol. The molecule has 16 heavy (non-hydrogen) atoms. The highest BCUT2D eigenvalue weighted by Gasteiger charge is 2.13. The van der Waals surface area contributed by atoms with Crippen molar-refractivity contribution in [1.82, 2.24) is 0 Å². The molecule has 0 aromatic rings. The smallest absolute Gasteiger partial charge is 0.0327 e. The fourth-order valence-electron chi connectivity index (χ4n) is 2.71. The zero-order valence-electron chi connectivity index (χ0n) is 12.0. The van der Waals surface area contributed by atoms with Gasteiger partial charge in [0.05, 0.1) is 0 Å². The van der Waals surface area contributed by atoms with E-state index in [-0.39, 0.29) is 0 Å². The maximum absolute atomic E-state index is 3.83. The minimum atomic E-state index is 0.816. The maximum Gasteiger partial charge on any atom is -0.0327 e. The van der Waals surface area contributed by atoms with E-state index in [0.29, 0.717) is 0 Å². The Morgan fingerprint density at radius 3 is 2.25 bits per heavy atom. The van der Waals surface area contributed by atoms with Gasteiger partial charge in [0, 0.05) is 0 Å². The molecule has 0 amide bonds. The van der Waals surface area contributed by atoms with Gasteiger partial charge in [0.2, 0.25) is 0 Å². The molecule has 0 rings (SSSR count). The van der Waals surface area contributed by atoms with Crippen molar-refractivity contribution in [3.8, 4) is 0 Å². The van der Waals surface area contributed by atoms with E-state index < -0.39 is 0 Å². The van der Waals surface area contributed by atoms with Crippen LogP contribution in [0, 0.1) is 17.8 Å². The van der Waals surface area contributed by atoms with Gasteiger partial charge in [-0.3, -0.25) is 0 Å². The molecule has 0 aromatic carbocycles. The second-order valence-corrected chi connectivity index (χ2v) is 5.62. The number of allylic oxidation sites excluding steroid dienone is 1. The van der Waals surface area contributed by atoms with E-state index in [4.69, 9.17) is 0 Å². The van der Waals surface area contributed by atoms with Gasteiger partial charge in [0.15, 0.2) is 0 Å². The van der Waals surface area contributed by atoms with Gasteiger partial charge in [-0.05, 0) is 37.0 Å². The predicted octanol–water partition coefficient (Wildman–Crippen LogP) is 5.83. The van der Waals surface area contributed by atoms with Gasteiger partial charge in [0.25, 0.3) is 0 Å². The lowest BCUT2D eigenvalue weighted by atomic mass is 9.84. The molecule has 96 valence electrons. The molecular weight excluding hydrogens is 192 g/mol. The van der Waals surface area contributed by atoms with Crippen molar-refractivity contribution < 1.29 is 0 Å². The van der Waals surface area contributed by atoms with Crippen LogP contribution in [-0.4, -0.2) is 0 Å². The molecule has 3 atom stereocenters. The van der Waals surface area contributed by atoms with Crippen LogP contribution < -0.4 is 0 Å². The Morgan fingerprint density at radius 1 is 1.06 bits per heavy atom. The first-order valence-corrected chi connectivity index (χ1v) is 7.24. The topological polar surface area (TPSA) is 0 Å². The molecule has 0 radical (unpaired) electrons. The first-order valence-electron chi connectivity index (χ1n) is 7.24. The number of rotatable bonds is 10. The normalized spacial score (nSPS) is 16.8. The largest absolute Gasteiger partial charge is 0.103 e. The first-order chi connectivity index (χ1) is 7.63. The molecule has 0 heterocycles. The molecule has 0 N–H and O–H groups in total. The highest BCUT2D eigenvalue weighted by molar-refractivity contribution is 4.73. The molecule has 0 saturated carbocycles. The molecule has 3 unspecified atom stereocenters. The van der Waals surface area contributed by atoms with Crippen molar-refractivity contribution in [2.24, 2.45) is 17.8 Å². The van der Waals surface area contributed by atoms with Crippen LogP contribution in [0.2, 0.25) is 0 Å². The van der Waals surface area contributed by atoms with Crippen molar-refractivity contribution in [2.45, 2.75) is 72.6 Å². The Morgan fingerprint density at radius 2 is 1.75 bits per heavy atom. The molecule has 0 saturated heterocycles. The average molecular weight is 224 g/mol. The molecule has 0 heteroatoms. The maximum atomic E-state index is 3.83. The second-order valence-electron chi connectivity index (χ2n) is 5.62. The SMILES string of the molecule is C=CCC(C)CC(C)CC(CC)CCCC. The van der Waals surface area contributed by atoms with E-state index in [0.717, 1.165) is 17.8 Å². The number of hydrogen-bond acceptors (Lipinski definition) is 0. The Balaban J connectivity index is 3.80. The van der Waals surface area contributed by atoms with Gasteiger partial charge < -0.3 is 0 Å². The summed E-state index contributed by atoms with van der Waals surface area (Å²) < 4.78 is 0. The van der Waals surface area contributed by atoms with Gasteiger partial charge in [-0.2, -0.15) is 0 Å². The summed E-state index contributed by atoms with van der Waals surface area (Å²) in [5, 5.41) is 0. The van der Waals surface area contributed by atoms with E-state index in [2.05, 4.69) is 40.3 Å². The molecular formula is C16H32. The van der Waals surface area contributed by atoms with Gasteiger partial charge in [-0.1, -0.05) is 59.5 Å². The summed E-state index contributed by atoms with van der Waals surface area (Å²) in [4.78, 5) is 0. The van der Waals surface area contributed by atoms with Crippen molar-refractivity contribution in [3.63, 3.8) is 0 Å². The Labute approximate surface area is 104 Å². The van der Waals surface area contributed by atoms with Crippen LogP contribution in [0.4, 0.5) is 0 Å². The molecule has 0 fully saturated rings. The molecule has 0 spiro atoms. The van der Waals surface area contributed by atoms with Crippen LogP contribution in [-0.2, 0) is 0 Å². The van der Waals surface area contributed by atoms with Crippen molar-refractivity contribution in [3.05, 3.63) is 12.7 Å². The summed E-state index contributed by atoms with van der Waals surface area (Å²) in [6.07, 6.45) is 11.6. The molecule has 0 aliphatic carbocycles. The Hall–Kier alpha value is -0.260. The minimum Gasteiger partial charge on any atom is -0.103 e. The summed E-state index contributed by atoms with van der Waals surface area (Å²) in [5.41, 5.74) is 0. The third kappa shape index (κ3) is 7.96. The zero-order valence-corrected chi connectivity index (χ0v) is 12.0. The van der Waals surface area contributed by atoms with Crippen LogP contribution in [0.25, 0.3) is 0 Å². The number of unbranched alkanes of at least 4 members (excludes halogenated alkanes) is 1. The van der Waals surface area contributed by atoms with Gasteiger partial charge in [0.1, 0.15) is 0 Å². The average Bonchev–Trinajstić information content (AvgIpc) is 2.24. The summed E-state index contributed by atoms with van der Waals surface area (Å²) >= 11 is 0. The fourth-order valence-corrected chi connectivity index (χ4v) is 2.71. The van der Waals surface area contributed by atoms with Gasteiger partial charge in [-0.25, -0.2) is 0 Å². The summed E-state index contributed by atoms with van der Waals surface area (Å²) in [6.45, 7) is 13.2. The van der Waals surface area contributed by atoms with Gasteiger partial charge in [-0.15, -0.1) is 6.58 Å². The third-order valence-corrected chi connectivity index (χ3v) is 3.65. The summed E-state index contributed by atoms with van der Waals surface area (Å²) in [5.74, 6) is 2.67. The molecule has 0 aliphatic heterocycles. The van der Waals surface area contributed by atoms with E-state index in [1.54, 1.807) is 0 Å². The monoisotopic (exact) mass is 224 g/mol. The van der Waals surface area contributed by atoms with Crippen molar-refractivity contribution in [1.29, 1.82) is 0 Å². The highest BCUT2D eigenvalue weighted by Crippen LogP contribution is 2.26. The Bertz CT molecular complexity index is 159. The zero-order chi connectivity index (χ0) is 12.4. The first kappa shape index (κ1) is 15.7. The Kier molecular flexibility index (Phi) is 9.77. The lowest BCUT2D eigenvalue weighted by Crippen LogP contribution is -2.09. The van der Waals surface area contributed by atoms with Gasteiger partial charge >= 0.3 is 0 Å². The minimum absolute atomic E-state index is 0.816. The molecule has 0 aromatic heterocycles. The second kappa shape index (κ2) is 9.93. The molecule has 0 nitrogen and oxygen atoms in total. The van der Waals surface area contributed by atoms with Crippen LogP contribution in [0.1, 0.15) is 72.6 Å². The van der Waals surface area contributed by atoms with Crippen molar-refractivity contribution >= 4 is 0 Å². The van der Waals surface area contributed by atoms with Crippen LogP contribution in [0.5, 0.6) is 0 Å². The molecule has 0 aliphatic rings. The van der Waals surface area contributed by atoms with E-state index in [1.165, 1.54) is 44.9 Å². The van der Waals surface area contributed by atoms with Crippen LogP contribution in [0.15, 0.2) is 12.7 Å². The van der Waals surface area contributed by atoms with Crippen molar-refractivity contribution in [2.75, 3.05) is 0 Å². The number of hydrogen-bond donors (Lipinski definition) is 0. The fraction of sp³-hybridized carbons (Fsp3) is 0.875.